The summed E-state index contributed by atoms with van der Waals surface area (Å²) >= 11 is 1.65. The van der Waals surface area contributed by atoms with Crippen LogP contribution in [0.2, 0.25) is 0 Å². The molecule has 0 atom stereocenters. The fourth-order valence-corrected chi connectivity index (χ4v) is 2.49. The lowest BCUT2D eigenvalue weighted by molar-refractivity contribution is -0.146. The highest BCUT2D eigenvalue weighted by atomic mass is 32.2. The van der Waals surface area contributed by atoms with E-state index in [4.69, 9.17) is 0 Å². The maximum atomic E-state index is 11.5. The van der Waals surface area contributed by atoms with Crippen LogP contribution in [0.4, 0.5) is 0 Å². The van der Waals surface area contributed by atoms with Gasteiger partial charge in [0.2, 0.25) is 11.8 Å². The van der Waals surface area contributed by atoms with Crippen LogP contribution in [0.5, 0.6) is 0 Å². The van der Waals surface area contributed by atoms with Gasteiger partial charge >= 0.3 is 0 Å². The Morgan fingerprint density at radius 3 is 2.41 bits per heavy atom. The minimum Gasteiger partial charge on any atom is -0.300 e. The Kier molecular flexibility index (Phi) is 4.17. The van der Waals surface area contributed by atoms with Gasteiger partial charge in [-0.05, 0) is 12.1 Å². The van der Waals surface area contributed by atoms with E-state index in [1.165, 1.54) is 4.90 Å². The first kappa shape index (κ1) is 12.1. The normalized spacial score (nSPS) is 16.4. The summed E-state index contributed by atoms with van der Waals surface area (Å²) in [4.78, 5) is 25.5. The second-order valence-corrected chi connectivity index (χ2v) is 4.87. The summed E-state index contributed by atoms with van der Waals surface area (Å²) in [6.45, 7) is 1.02. The van der Waals surface area contributed by atoms with Crippen molar-refractivity contribution >= 4 is 23.6 Å². The molecule has 17 heavy (non-hydrogen) atoms. The number of rotatable bonds is 4. The van der Waals surface area contributed by atoms with E-state index in [0.29, 0.717) is 6.54 Å². The summed E-state index contributed by atoms with van der Waals surface area (Å²) in [6, 6.07) is 9.96. The van der Waals surface area contributed by atoms with E-state index in [2.05, 4.69) is 5.32 Å². The third-order valence-electron chi connectivity index (χ3n) is 2.48. The standard InChI is InChI=1S/C12H14N2O2S/c15-11-8-13-9-12(16)14(11)6-7-17-10-4-2-1-3-5-10/h1-5,13H,6-9H2. The number of hydrogen-bond acceptors (Lipinski definition) is 4. The van der Waals surface area contributed by atoms with Crippen molar-refractivity contribution in [3.8, 4) is 0 Å². The van der Waals surface area contributed by atoms with Crippen molar-refractivity contribution < 1.29 is 9.59 Å². The van der Waals surface area contributed by atoms with Crippen molar-refractivity contribution in [1.29, 1.82) is 0 Å². The SMILES string of the molecule is O=C1CNCC(=O)N1CCSc1ccccc1. The lowest BCUT2D eigenvalue weighted by Gasteiger charge is -2.25. The molecule has 90 valence electrons. The van der Waals surface area contributed by atoms with Crippen LogP contribution in [-0.2, 0) is 9.59 Å². The third-order valence-corrected chi connectivity index (χ3v) is 3.47. The number of carbonyl (C=O) groups is 2. The van der Waals surface area contributed by atoms with Crippen molar-refractivity contribution in [1.82, 2.24) is 10.2 Å². The van der Waals surface area contributed by atoms with Gasteiger partial charge in [0.15, 0.2) is 0 Å². The van der Waals surface area contributed by atoms with E-state index in [1.54, 1.807) is 11.8 Å². The highest BCUT2D eigenvalue weighted by molar-refractivity contribution is 7.99. The molecule has 0 saturated carbocycles. The van der Waals surface area contributed by atoms with Gasteiger partial charge in [0.1, 0.15) is 0 Å². The number of nitrogens with zero attached hydrogens (tertiary/aromatic N) is 1. The number of carbonyl (C=O) groups excluding carboxylic acids is 2. The summed E-state index contributed by atoms with van der Waals surface area (Å²) in [5.74, 6) is 0.478. The number of benzene rings is 1. The molecule has 1 aliphatic rings. The van der Waals surface area contributed by atoms with E-state index in [1.807, 2.05) is 30.3 Å². The van der Waals surface area contributed by atoms with Gasteiger partial charge in [-0.15, -0.1) is 11.8 Å². The second kappa shape index (κ2) is 5.84. The molecular weight excluding hydrogens is 236 g/mol. The minimum absolute atomic E-state index is 0.130. The van der Waals surface area contributed by atoms with Crippen LogP contribution < -0.4 is 5.32 Å². The summed E-state index contributed by atoms with van der Waals surface area (Å²) in [7, 11) is 0. The van der Waals surface area contributed by atoms with Crippen LogP contribution >= 0.6 is 11.8 Å². The van der Waals surface area contributed by atoms with Crippen LogP contribution in [0.15, 0.2) is 35.2 Å². The van der Waals surface area contributed by atoms with Gasteiger partial charge in [-0.2, -0.15) is 0 Å². The number of hydrogen-bond donors (Lipinski definition) is 1. The van der Waals surface area contributed by atoms with E-state index in [-0.39, 0.29) is 24.9 Å². The van der Waals surface area contributed by atoms with Crippen LogP contribution in [0, 0.1) is 0 Å². The van der Waals surface area contributed by atoms with E-state index in [0.717, 1.165) is 10.6 Å². The molecule has 1 saturated heterocycles. The largest absolute Gasteiger partial charge is 0.300 e. The maximum Gasteiger partial charge on any atom is 0.243 e. The summed E-state index contributed by atoms with van der Waals surface area (Å²) < 4.78 is 0. The fourth-order valence-electron chi connectivity index (χ4n) is 1.63. The number of piperazine rings is 1. The monoisotopic (exact) mass is 250 g/mol. The number of amides is 2. The summed E-state index contributed by atoms with van der Waals surface area (Å²) in [5.41, 5.74) is 0. The zero-order valence-corrected chi connectivity index (χ0v) is 10.2. The first-order valence-corrected chi connectivity index (χ1v) is 6.47. The lowest BCUT2D eigenvalue weighted by atomic mass is 10.3. The first-order chi connectivity index (χ1) is 8.27. The van der Waals surface area contributed by atoms with Crippen molar-refractivity contribution in [2.45, 2.75) is 4.90 Å². The second-order valence-electron chi connectivity index (χ2n) is 3.70. The Balaban J connectivity index is 1.81. The topological polar surface area (TPSA) is 49.4 Å². The van der Waals surface area contributed by atoms with E-state index < -0.39 is 0 Å². The molecule has 0 aliphatic carbocycles. The van der Waals surface area contributed by atoms with Gasteiger partial charge in [-0.3, -0.25) is 19.8 Å². The van der Waals surface area contributed by atoms with E-state index >= 15 is 0 Å². The van der Waals surface area contributed by atoms with Gasteiger partial charge in [-0.1, -0.05) is 18.2 Å². The Morgan fingerprint density at radius 1 is 1.12 bits per heavy atom. The number of imide groups is 1. The van der Waals surface area contributed by atoms with Crippen molar-refractivity contribution in [3.05, 3.63) is 30.3 Å². The fraction of sp³-hybridized carbons (Fsp3) is 0.333. The van der Waals surface area contributed by atoms with Crippen LogP contribution in [0.1, 0.15) is 0 Å². The van der Waals surface area contributed by atoms with Crippen molar-refractivity contribution in [2.75, 3.05) is 25.4 Å². The smallest absolute Gasteiger partial charge is 0.243 e. The molecule has 1 heterocycles. The molecule has 0 radical (unpaired) electrons. The average Bonchev–Trinajstić information content (AvgIpc) is 2.34. The Bertz CT molecular complexity index is 392. The molecule has 4 nitrogen and oxygen atoms in total. The predicted octanol–water partition coefficient (Wildman–Crippen LogP) is 0.737. The third kappa shape index (κ3) is 3.31. The molecule has 0 aromatic heterocycles. The molecule has 2 amide bonds. The van der Waals surface area contributed by atoms with Gasteiger partial charge in [0, 0.05) is 17.2 Å². The Morgan fingerprint density at radius 2 is 1.76 bits per heavy atom. The highest BCUT2D eigenvalue weighted by Crippen LogP contribution is 2.16. The maximum absolute atomic E-state index is 11.5. The van der Waals surface area contributed by atoms with E-state index in [9.17, 15) is 9.59 Å². The molecular formula is C12H14N2O2S. The van der Waals surface area contributed by atoms with Crippen LogP contribution in [-0.4, -0.2) is 42.1 Å². The predicted molar refractivity (Wildman–Crippen MR) is 66.8 cm³/mol. The molecule has 1 N–H and O–H groups in total. The molecule has 0 spiro atoms. The first-order valence-electron chi connectivity index (χ1n) is 5.49. The molecule has 1 fully saturated rings. The molecule has 2 rings (SSSR count). The lowest BCUT2D eigenvalue weighted by Crippen LogP contribution is -2.52. The Hall–Kier alpha value is -1.33. The quantitative estimate of drug-likeness (QED) is 0.632. The minimum atomic E-state index is -0.130. The number of thioether (sulfide) groups is 1. The molecule has 1 aliphatic heterocycles. The number of nitrogens with one attached hydrogen (secondary N) is 1. The van der Waals surface area contributed by atoms with Crippen molar-refractivity contribution in [3.63, 3.8) is 0 Å². The highest BCUT2D eigenvalue weighted by Gasteiger charge is 2.24. The molecule has 1 aromatic carbocycles. The molecule has 0 unspecified atom stereocenters. The van der Waals surface area contributed by atoms with Crippen molar-refractivity contribution in [2.24, 2.45) is 0 Å². The summed E-state index contributed by atoms with van der Waals surface area (Å²) in [5, 5.41) is 2.77. The zero-order chi connectivity index (χ0) is 12.1. The summed E-state index contributed by atoms with van der Waals surface area (Å²) in [6.07, 6.45) is 0. The average molecular weight is 250 g/mol. The van der Waals surface area contributed by atoms with Gasteiger partial charge in [-0.25, -0.2) is 0 Å². The Labute approximate surface area is 104 Å². The van der Waals surface area contributed by atoms with Gasteiger partial charge in [0.05, 0.1) is 13.1 Å². The van der Waals surface area contributed by atoms with Crippen LogP contribution in [0.3, 0.4) is 0 Å². The molecule has 1 aromatic rings. The van der Waals surface area contributed by atoms with Crippen LogP contribution in [0.25, 0.3) is 0 Å². The van der Waals surface area contributed by atoms with Gasteiger partial charge < -0.3 is 0 Å². The zero-order valence-electron chi connectivity index (χ0n) is 9.39. The molecule has 5 heteroatoms. The van der Waals surface area contributed by atoms with Gasteiger partial charge in [0.25, 0.3) is 0 Å². The molecule has 0 bridgehead atoms.